The van der Waals surface area contributed by atoms with Gasteiger partial charge in [-0.2, -0.15) is 0 Å². The van der Waals surface area contributed by atoms with Crippen LogP contribution in [0.5, 0.6) is 0 Å². The van der Waals surface area contributed by atoms with Crippen LogP contribution in [0.25, 0.3) is 0 Å². The fourth-order valence-corrected chi connectivity index (χ4v) is 7.20. The number of rotatable bonds is 8. The van der Waals surface area contributed by atoms with Gasteiger partial charge in [0, 0.05) is 29.3 Å². The Kier molecular flexibility index (Phi) is 5.50. The number of carbonyl (C=O) groups excluding carboxylic acids is 2. The summed E-state index contributed by atoms with van der Waals surface area (Å²) >= 11 is 3.51. The van der Waals surface area contributed by atoms with E-state index in [4.69, 9.17) is 5.73 Å². The summed E-state index contributed by atoms with van der Waals surface area (Å²) < 4.78 is 0.985. The van der Waals surface area contributed by atoms with Crippen LogP contribution in [0.2, 0.25) is 0 Å². The van der Waals surface area contributed by atoms with Crippen LogP contribution >= 0.6 is 15.9 Å². The van der Waals surface area contributed by atoms with Gasteiger partial charge in [0.05, 0.1) is 5.41 Å². The molecule has 31 heavy (non-hydrogen) atoms. The molecule has 2 amide bonds. The Hall–Kier alpha value is -1.66. The lowest BCUT2D eigenvalue weighted by Crippen LogP contribution is -2.53. The summed E-state index contributed by atoms with van der Waals surface area (Å²) in [7, 11) is 0. The first-order chi connectivity index (χ1) is 15.0. The second-order valence-corrected chi connectivity index (χ2v) is 10.8. The fourth-order valence-electron chi connectivity index (χ4n) is 6.93. The smallest absolute Gasteiger partial charge is 0.229 e. The van der Waals surface area contributed by atoms with Gasteiger partial charge in [-0.05, 0) is 80.8 Å². The van der Waals surface area contributed by atoms with Crippen LogP contribution in [0.3, 0.4) is 0 Å². The highest BCUT2D eigenvalue weighted by Crippen LogP contribution is 2.75. The number of nitrogens with two attached hydrogens (primary N) is 1. The molecule has 2 saturated carbocycles. The van der Waals surface area contributed by atoms with Gasteiger partial charge in [0.25, 0.3) is 0 Å². The van der Waals surface area contributed by atoms with E-state index in [-0.39, 0.29) is 29.1 Å². The first-order valence-corrected chi connectivity index (χ1v) is 12.5. The van der Waals surface area contributed by atoms with Crippen LogP contribution in [0.15, 0.2) is 40.9 Å². The highest BCUT2D eigenvalue weighted by molar-refractivity contribution is 9.10. The quantitative estimate of drug-likeness (QED) is 0.554. The fraction of sp³-hybridized carbons (Fsp3) is 0.600. The predicted molar refractivity (Wildman–Crippen MR) is 124 cm³/mol. The number of amides is 2. The molecule has 3 aliphatic carbocycles. The summed E-state index contributed by atoms with van der Waals surface area (Å²) in [4.78, 5) is 28.2. The van der Waals surface area contributed by atoms with Crippen LogP contribution in [-0.2, 0) is 15.0 Å². The number of carbonyl (C=O) groups is 2. The topological polar surface area (TPSA) is 75.4 Å². The molecule has 3 fully saturated rings. The molecular weight excluding hydrogens is 454 g/mol. The van der Waals surface area contributed by atoms with Crippen molar-refractivity contribution in [2.45, 2.75) is 43.9 Å². The highest BCUT2D eigenvalue weighted by Gasteiger charge is 2.74. The standard InChI is InChI=1S/C25H32BrN3O2/c26-18-7-5-17(6-8-18)25(23(27)31)20(19-9-10-21(25)24(19)11-12-24)16-28-22(30)4-3-15-29-13-1-2-14-29/h5-10,19-21H,1-4,11-16H2,(H2,27,31)(H,28,30)/t19-,20-,21+,25+/m1/s1. The van der Waals surface area contributed by atoms with Crippen molar-refractivity contribution < 1.29 is 9.59 Å². The van der Waals surface area contributed by atoms with E-state index in [1.165, 1.54) is 12.8 Å². The van der Waals surface area contributed by atoms with Gasteiger partial charge in [-0.15, -0.1) is 0 Å². The van der Waals surface area contributed by atoms with Crippen molar-refractivity contribution in [1.29, 1.82) is 0 Å². The third-order valence-electron chi connectivity index (χ3n) is 8.46. The Labute approximate surface area is 192 Å². The number of hydrogen-bond acceptors (Lipinski definition) is 3. The Morgan fingerprint density at radius 1 is 1.13 bits per heavy atom. The van der Waals surface area contributed by atoms with E-state index in [1.807, 2.05) is 24.3 Å². The average molecular weight is 486 g/mol. The van der Waals surface area contributed by atoms with Crippen LogP contribution in [0.4, 0.5) is 0 Å². The van der Waals surface area contributed by atoms with Crippen molar-refractivity contribution in [2.24, 2.45) is 28.9 Å². The zero-order chi connectivity index (χ0) is 21.6. The van der Waals surface area contributed by atoms with Crippen LogP contribution in [0, 0.1) is 23.2 Å². The van der Waals surface area contributed by atoms with Gasteiger partial charge in [0.1, 0.15) is 0 Å². The summed E-state index contributed by atoms with van der Waals surface area (Å²) in [5.74, 6) is 0.265. The largest absolute Gasteiger partial charge is 0.369 e. The third-order valence-corrected chi connectivity index (χ3v) is 8.98. The number of likely N-dealkylation sites (tertiary alicyclic amines) is 1. The Morgan fingerprint density at radius 3 is 2.48 bits per heavy atom. The molecule has 0 unspecified atom stereocenters. The van der Waals surface area contributed by atoms with E-state index >= 15 is 0 Å². The van der Waals surface area contributed by atoms with Crippen LogP contribution < -0.4 is 11.1 Å². The van der Waals surface area contributed by atoms with Crippen molar-refractivity contribution in [3.05, 3.63) is 46.5 Å². The predicted octanol–water partition coefficient (Wildman–Crippen LogP) is 3.38. The molecule has 5 rings (SSSR count). The number of primary amides is 1. The molecule has 1 aromatic rings. The highest BCUT2D eigenvalue weighted by atomic mass is 79.9. The number of benzene rings is 1. The van der Waals surface area contributed by atoms with E-state index < -0.39 is 5.41 Å². The molecule has 1 heterocycles. The Balaban J connectivity index is 1.33. The lowest BCUT2D eigenvalue weighted by atomic mass is 9.63. The van der Waals surface area contributed by atoms with Crippen LogP contribution in [-0.4, -0.2) is 42.9 Å². The lowest BCUT2D eigenvalue weighted by molar-refractivity contribution is -0.127. The maximum Gasteiger partial charge on any atom is 0.229 e. The van der Waals surface area contributed by atoms with Crippen molar-refractivity contribution in [1.82, 2.24) is 10.2 Å². The van der Waals surface area contributed by atoms with E-state index in [2.05, 4.69) is 38.3 Å². The zero-order valence-corrected chi connectivity index (χ0v) is 19.6. The minimum atomic E-state index is -0.751. The first-order valence-electron chi connectivity index (χ1n) is 11.7. The van der Waals surface area contributed by atoms with Gasteiger partial charge in [-0.1, -0.05) is 40.2 Å². The summed E-state index contributed by atoms with van der Waals surface area (Å²) in [6.45, 7) is 3.83. The Bertz CT molecular complexity index is 889. The third kappa shape index (κ3) is 3.37. The second-order valence-electron chi connectivity index (χ2n) is 9.92. The summed E-state index contributed by atoms with van der Waals surface area (Å²) in [6.07, 6.45) is 10.8. The van der Waals surface area contributed by atoms with Crippen molar-refractivity contribution in [3.63, 3.8) is 0 Å². The summed E-state index contributed by atoms with van der Waals surface area (Å²) in [6, 6.07) is 8.04. The summed E-state index contributed by atoms with van der Waals surface area (Å²) in [5, 5.41) is 3.18. The van der Waals surface area contributed by atoms with Crippen LogP contribution in [0.1, 0.15) is 44.1 Å². The monoisotopic (exact) mass is 485 g/mol. The molecular formula is C25H32BrN3O2. The minimum absolute atomic E-state index is 0.00575. The molecule has 0 aromatic heterocycles. The molecule has 3 N–H and O–H groups in total. The molecule has 166 valence electrons. The molecule has 4 aliphatic rings. The van der Waals surface area contributed by atoms with Gasteiger partial charge in [-0.3, -0.25) is 9.59 Å². The molecule has 1 spiro atoms. The van der Waals surface area contributed by atoms with E-state index in [9.17, 15) is 9.59 Å². The maximum atomic E-state index is 13.1. The molecule has 1 aromatic carbocycles. The van der Waals surface area contributed by atoms with Crippen molar-refractivity contribution in [2.75, 3.05) is 26.2 Å². The number of nitrogens with one attached hydrogen (secondary N) is 1. The van der Waals surface area contributed by atoms with Crippen molar-refractivity contribution in [3.8, 4) is 0 Å². The second kappa shape index (κ2) is 8.04. The van der Waals surface area contributed by atoms with Gasteiger partial charge < -0.3 is 16.0 Å². The minimum Gasteiger partial charge on any atom is -0.369 e. The van der Waals surface area contributed by atoms with E-state index in [0.717, 1.165) is 48.9 Å². The molecule has 2 bridgehead atoms. The molecule has 5 nitrogen and oxygen atoms in total. The SMILES string of the molecule is NC(=O)[C@@]1(c2ccc(Br)cc2)[C@H](CNC(=O)CCCN2CCCC2)[C@H]2C=C[C@H]1C21CC1. The maximum absolute atomic E-state index is 13.1. The lowest BCUT2D eigenvalue weighted by Gasteiger charge is -2.40. The van der Waals surface area contributed by atoms with E-state index in [1.54, 1.807) is 0 Å². The van der Waals surface area contributed by atoms with E-state index in [0.29, 0.717) is 18.9 Å². The molecule has 0 radical (unpaired) electrons. The van der Waals surface area contributed by atoms with Gasteiger partial charge in [-0.25, -0.2) is 0 Å². The Morgan fingerprint density at radius 2 is 1.84 bits per heavy atom. The van der Waals surface area contributed by atoms with Gasteiger partial charge >= 0.3 is 0 Å². The summed E-state index contributed by atoms with van der Waals surface area (Å²) in [5.41, 5.74) is 6.58. The van der Waals surface area contributed by atoms with Gasteiger partial charge in [0.2, 0.25) is 11.8 Å². The molecule has 1 aliphatic heterocycles. The number of allylic oxidation sites excluding steroid dienone is 2. The molecule has 1 saturated heterocycles. The zero-order valence-electron chi connectivity index (χ0n) is 18.0. The number of hydrogen-bond donors (Lipinski definition) is 2. The normalized spacial score (nSPS) is 32.6. The first kappa shape index (κ1) is 21.2. The molecule has 4 atom stereocenters. The van der Waals surface area contributed by atoms with Gasteiger partial charge in [0.15, 0.2) is 0 Å². The average Bonchev–Trinajstić information content (AvgIpc) is 3.11. The number of halogens is 1. The molecule has 6 heteroatoms. The number of nitrogens with zero attached hydrogens (tertiary/aromatic N) is 1. The van der Waals surface area contributed by atoms with Crippen molar-refractivity contribution >= 4 is 27.7 Å².